The molecule has 8 nitrogen and oxygen atoms in total. The summed E-state index contributed by atoms with van der Waals surface area (Å²) >= 11 is 0. The molecule has 1 N–H and O–H groups in total. The Labute approximate surface area is 142 Å². The number of esters is 1. The number of aryl methyl sites for hydroxylation is 1. The molecule has 128 valence electrons. The van der Waals surface area contributed by atoms with Gasteiger partial charge in [0.2, 0.25) is 0 Å². The first-order valence-electron chi connectivity index (χ1n) is 7.55. The quantitative estimate of drug-likeness (QED) is 0.506. The van der Waals surface area contributed by atoms with E-state index in [1.54, 1.807) is 19.9 Å². The number of nitrogens with one attached hydrogen (secondary N) is 1. The maximum absolute atomic E-state index is 12.4. The van der Waals surface area contributed by atoms with E-state index < -0.39 is 16.5 Å². The predicted octanol–water partition coefficient (Wildman–Crippen LogP) is 2.56. The minimum absolute atomic E-state index is 0.0426. The molecule has 0 aliphatic carbocycles. The number of hydrogen-bond acceptors (Lipinski definition) is 6. The SMILES string of the molecule is CCOC(=O)c1c(CC)[nH]c(=O)c(C#N)c1-c1cccc([N+](=O)[O-])c1. The fourth-order valence-electron chi connectivity index (χ4n) is 2.52. The summed E-state index contributed by atoms with van der Waals surface area (Å²) in [4.78, 5) is 37.6. The zero-order valence-corrected chi connectivity index (χ0v) is 13.7. The first-order valence-corrected chi connectivity index (χ1v) is 7.55. The number of nitrogens with zero attached hydrogens (tertiary/aromatic N) is 2. The largest absolute Gasteiger partial charge is 0.462 e. The molecule has 0 aliphatic heterocycles. The van der Waals surface area contributed by atoms with Gasteiger partial charge in [0.1, 0.15) is 11.6 Å². The molecule has 0 amide bonds. The number of ether oxygens (including phenoxy) is 1. The van der Waals surface area contributed by atoms with Gasteiger partial charge in [0.05, 0.1) is 17.1 Å². The molecule has 0 saturated carbocycles. The van der Waals surface area contributed by atoms with Gasteiger partial charge in [0.15, 0.2) is 0 Å². The van der Waals surface area contributed by atoms with E-state index in [1.807, 2.05) is 0 Å². The van der Waals surface area contributed by atoms with E-state index in [4.69, 9.17) is 4.74 Å². The lowest BCUT2D eigenvalue weighted by Crippen LogP contribution is -2.21. The lowest BCUT2D eigenvalue weighted by Gasteiger charge is -2.14. The summed E-state index contributed by atoms with van der Waals surface area (Å²) in [5, 5.41) is 20.4. The summed E-state index contributed by atoms with van der Waals surface area (Å²) < 4.78 is 5.05. The predicted molar refractivity (Wildman–Crippen MR) is 89.2 cm³/mol. The molecule has 0 fully saturated rings. The topological polar surface area (TPSA) is 126 Å². The Bertz CT molecular complexity index is 940. The van der Waals surface area contributed by atoms with Gasteiger partial charge in [-0.1, -0.05) is 19.1 Å². The number of carbonyl (C=O) groups excluding carboxylic acids is 1. The highest BCUT2D eigenvalue weighted by Gasteiger charge is 2.25. The first kappa shape index (κ1) is 17.9. The van der Waals surface area contributed by atoms with Gasteiger partial charge in [-0.05, 0) is 18.9 Å². The van der Waals surface area contributed by atoms with Crippen molar-refractivity contribution in [1.29, 1.82) is 5.26 Å². The number of benzene rings is 1. The van der Waals surface area contributed by atoms with E-state index in [0.29, 0.717) is 12.1 Å². The van der Waals surface area contributed by atoms with Crippen LogP contribution in [0.3, 0.4) is 0 Å². The molecule has 1 aromatic heterocycles. The first-order chi connectivity index (χ1) is 11.9. The van der Waals surface area contributed by atoms with Crippen molar-refractivity contribution in [3.8, 4) is 17.2 Å². The number of carbonyl (C=O) groups is 1. The van der Waals surface area contributed by atoms with Gasteiger partial charge >= 0.3 is 5.97 Å². The van der Waals surface area contributed by atoms with Crippen LogP contribution in [0, 0.1) is 21.4 Å². The van der Waals surface area contributed by atoms with Gasteiger partial charge in [0, 0.05) is 23.4 Å². The number of nitro benzene ring substituents is 1. The third-order valence-corrected chi connectivity index (χ3v) is 3.58. The molecule has 25 heavy (non-hydrogen) atoms. The Morgan fingerprint density at radius 1 is 1.40 bits per heavy atom. The molecule has 0 unspecified atom stereocenters. The molecule has 1 heterocycles. The van der Waals surface area contributed by atoms with Crippen LogP contribution in [0.2, 0.25) is 0 Å². The molecule has 1 aromatic carbocycles. The number of H-pyrrole nitrogens is 1. The van der Waals surface area contributed by atoms with Crippen molar-refractivity contribution in [1.82, 2.24) is 4.98 Å². The van der Waals surface area contributed by atoms with Gasteiger partial charge in [-0.15, -0.1) is 0 Å². The van der Waals surface area contributed by atoms with Crippen LogP contribution in [0.5, 0.6) is 0 Å². The highest BCUT2D eigenvalue weighted by Crippen LogP contribution is 2.30. The van der Waals surface area contributed by atoms with E-state index in [1.165, 1.54) is 24.3 Å². The summed E-state index contributed by atoms with van der Waals surface area (Å²) in [6.07, 6.45) is 0.316. The van der Waals surface area contributed by atoms with E-state index in [0.717, 1.165) is 0 Å². The van der Waals surface area contributed by atoms with Crippen molar-refractivity contribution in [2.24, 2.45) is 0 Å². The maximum atomic E-state index is 12.4. The normalized spacial score (nSPS) is 10.1. The molecule has 0 atom stereocenters. The minimum atomic E-state index is -0.700. The smallest absolute Gasteiger partial charge is 0.340 e. The molecule has 0 bridgehead atoms. The monoisotopic (exact) mass is 341 g/mol. The van der Waals surface area contributed by atoms with Crippen molar-refractivity contribution in [3.63, 3.8) is 0 Å². The van der Waals surface area contributed by atoms with Crippen LogP contribution in [0.25, 0.3) is 11.1 Å². The lowest BCUT2D eigenvalue weighted by molar-refractivity contribution is -0.384. The Morgan fingerprint density at radius 2 is 2.12 bits per heavy atom. The molecular weight excluding hydrogens is 326 g/mol. The minimum Gasteiger partial charge on any atom is -0.462 e. The number of pyridine rings is 1. The van der Waals surface area contributed by atoms with Gasteiger partial charge in [-0.3, -0.25) is 14.9 Å². The van der Waals surface area contributed by atoms with Crippen LogP contribution in [0.1, 0.15) is 35.5 Å². The van der Waals surface area contributed by atoms with Crippen LogP contribution in [-0.2, 0) is 11.2 Å². The van der Waals surface area contributed by atoms with E-state index in [2.05, 4.69) is 4.98 Å². The molecule has 0 spiro atoms. The van der Waals surface area contributed by atoms with Crippen LogP contribution in [0.4, 0.5) is 5.69 Å². The van der Waals surface area contributed by atoms with Crippen molar-refractivity contribution in [2.45, 2.75) is 20.3 Å². The van der Waals surface area contributed by atoms with E-state index >= 15 is 0 Å². The molecule has 0 radical (unpaired) electrons. The van der Waals surface area contributed by atoms with Crippen molar-refractivity contribution < 1.29 is 14.5 Å². The number of nitro groups is 1. The molecule has 8 heteroatoms. The zero-order valence-electron chi connectivity index (χ0n) is 13.7. The van der Waals surface area contributed by atoms with Crippen molar-refractivity contribution >= 4 is 11.7 Å². The number of aromatic amines is 1. The summed E-state index contributed by atoms with van der Waals surface area (Å²) in [7, 11) is 0. The maximum Gasteiger partial charge on any atom is 0.340 e. The second-order valence-corrected chi connectivity index (χ2v) is 5.05. The molecular formula is C17H15N3O5. The Balaban J connectivity index is 2.91. The van der Waals surface area contributed by atoms with Gasteiger partial charge < -0.3 is 9.72 Å². The highest BCUT2D eigenvalue weighted by atomic mass is 16.6. The zero-order chi connectivity index (χ0) is 18.6. The van der Waals surface area contributed by atoms with Crippen molar-refractivity contribution in [2.75, 3.05) is 6.61 Å². The second kappa shape index (κ2) is 7.40. The molecule has 2 aromatic rings. The van der Waals surface area contributed by atoms with Crippen LogP contribution >= 0.6 is 0 Å². The fraction of sp³-hybridized carbons (Fsp3) is 0.235. The number of aromatic nitrogens is 1. The number of nitriles is 1. The Kier molecular flexibility index (Phi) is 5.29. The number of non-ortho nitro benzene ring substituents is 1. The summed E-state index contributed by atoms with van der Waals surface area (Å²) in [5.74, 6) is -0.700. The number of rotatable bonds is 5. The van der Waals surface area contributed by atoms with Crippen LogP contribution in [0.15, 0.2) is 29.1 Å². The third kappa shape index (κ3) is 3.40. The van der Waals surface area contributed by atoms with Gasteiger partial charge in [-0.2, -0.15) is 5.26 Å². The van der Waals surface area contributed by atoms with Gasteiger partial charge in [-0.25, -0.2) is 4.79 Å². The van der Waals surface area contributed by atoms with Crippen molar-refractivity contribution in [3.05, 3.63) is 61.6 Å². The van der Waals surface area contributed by atoms with Gasteiger partial charge in [0.25, 0.3) is 11.2 Å². The standard InChI is InChI=1S/C17H15N3O5/c1-3-13-15(17(22)25-4-2)14(12(9-18)16(21)19-13)10-6-5-7-11(8-10)20(23)24/h5-8H,3-4H2,1-2H3,(H,19,21). The molecule has 0 aliphatic rings. The van der Waals surface area contributed by atoms with Crippen LogP contribution in [-0.4, -0.2) is 22.5 Å². The van der Waals surface area contributed by atoms with E-state index in [9.17, 15) is 25.0 Å². The summed E-state index contributed by atoms with van der Waals surface area (Å²) in [5.41, 5.74) is -0.533. The fourth-order valence-corrected chi connectivity index (χ4v) is 2.52. The Hall–Kier alpha value is -3.47. The average molecular weight is 341 g/mol. The summed E-state index contributed by atoms with van der Waals surface area (Å²) in [6, 6.07) is 7.22. The molecule has 2 rings (SSSR count). The third-order valence-electron chi connectivity index (χ3n) is 3.58. The van der Waals surface area contributed by atoms with Crippen LogP contribution < -0.4 is 5.56 Å². The Morgan fingerprint density at radius 3 is 2.68 bits per heavy atom. The lowest BCUT2D eigenvalue weighted by atomic mass is 9.93. The highest BCUT2D eigenvalue weighted by molar-refractivity contribution is 6.00. The average Bonchev–Trinajstić information content (AvgIpc) is 2.60. The summed E-state index contributed by atoms with van der Waals surface area (Å²) in [6.45, 7) is 3.47. The second-order valence-electron chi connectivity index (χ2n) is 5.05. The van der Waals surface area contributed by atoms with E-state index in [-0.39, 0.29) is 34.5 Å². The molecule has 0 saturated heterocycles. The number of hydrogen-bond donors (Lipinski definition) is 1.